The van der Waals surface area contributed by atoms with Crippen molar-refractivity contribution in [1.29, 1.82) is 0 Å². The van der Waals surface area contributed by atoms with Gasteiger partial charge in [0.05, 0.1) is 19.9 Å². The van der Waals surface area contributed by atoms with Gasteiger partial charge in [-0.25, -0.2) is 0 Å². The fraction of sp³-hybridized carbons (Fsp3) is 0.357. The van der Waals surface area contributed by atoms with Crippen LogP contribution in [-0.4, -0.2) is 19.2 Å². The number of aromatic nitrogens is 1. The van der Waals surface area contributed by atoms with Crippen LogP contribution in [0.4, 0.5) is 6.01 Å². The molecule has 19 heavy (non-hydrogen) atoms. The van der Waals surface area contributed by atoms with Gasteiger partial charge in [-0.15, -0.1) is 0 Å². The molecule has 1 aromatic heterocycles. The number of methoxy groups -OCH3 is 2. The standard InChI is InChI=1S/C14H18N2O3/c1-9-12(16-14(15)19-9)7-5-10-4-6-11(17-2)8-13(10)18-3/h4,6,8H,5,7H2,1-3H3,(H2,15,16). The van der Waals surface area contributed by atoms with E-state index in [1.54, 1.807) is 14.2 Å². The van der Waals surface area contributed by atoms with Crippen molar-refractivity contribution in [2.75, 3.05) is 20.0 Å². The zero-order valence-corrected chi connectivity index (χ0v) is 11.4. The van der Waals surface area contributed by atoms with E-state index in [1.807, 2.05) is 25.1 Å². The van der Waals surface area contributed by atoms with E-state index in [0.29, 0.717) is 0 Å². The van der Waals surface area contributed by atoms with Crippen LogP contribution in [-0.2, 0) is 12.8 Å². The van der Waals surface area contributed by atoms with Gasteiger partial charge in [0.1, 0.15) is 17.3 Å². The van der Waals surface area contributed by atoms with Crippen LogP contribution in [0.25, 0.3) is 0 Å². The van der Waals surface area contributed by atoms with Crippen LogP contribution in [0, 0.1) is 6.92 Å². The highest BCUT2D eigenvalue weighted by Crippen LogP contribution is 2.26. The normalized spacial score (nSPS) is 10.5. The van der Waals surface area contributed by atoms with Gasteiger partial charge in [-0.2, -0.15) is 4.98 Å². The first-order chi connectivity index (χ1) is 9.13. The summed E-state index contributed by atoms with van der Waals surface area (Å²) in [6, 6.07) is 6.01. The van der Waals surface area contributed by atoms with E-state index >= 15 is 0 Å². The summed E-state index contributed by atoms with van der Waals surface area (Å²) < 4.78 is 15.7. The summed E-state index contributed by atoms with van der Waals surface area (Å²) in [6.07, 6.45) is 1.56. The molecule has 0 aliphatic rings. The molecule has 5 nitrogen and oxygen atoms in total. The maximum Gasteiger partial charge on any atom is 0.292 e. The predicted molar refractivity (Wildman–Crippen MR) is 72.6 cm³/mol. The van der Waals surface area contributed by atoms with E-state index in [1.165, 1.54) is 0 Å². The Kier molecular flexibility index (Phi) is 3.94. The number of anilines is 1. The van der Waals surface area contributed by atoms with Gasteiger partial charge in [0, 0.05) is 6.07 Å². The molecule has 0 saturated carbocycles. The minimum absolute atomic E-state index is 0.217. The van der Waals surface area contributed by atoms with Gasteiger partial charge in [-0.3, -0.25) is 0 Å². The van der Waals surface area contributed by atoms with Crippen molar-refractivity contribution in [3.63, 3.8) is 0 Å². The third-order valence-electron chi connectivity index (χ3n) is 3.03. The van der Waals surface area contributed by atoms with Crippen LogP contribution in [0.1, 0.15) is 17.0 Å². The second-order valence-corrected chi connectivity index (χ2v) is 4.23. The first kappa shape index (κ1) is 13.3. The molecule has 0 radical (unpaired) electrons. The van der Waals surface area contributed by atoms with Gasteiger partial charge in [0.15, 0.2) is 0 Å². The summed E-state index contributed by atoms with van der Waals surface area (Å²) in [4.78, 5) is 4.16. The highest BCUT2D eigenvalue weighted by atomic mass is 16.5. The van der Waals surface area contributed by atoms with Gasteiger partial charge in [-0.05, 0) is 31.4 Å². The molecular weight excluding hydrogens is 244 g/mol. The molecule has 0 unspecified atom stereocenters. The van der Waals surface area contributed by atoms with E-state index < -0.39 is 0 Å². The number of aryl methyl sites for hydroxylation is 3. The SMILES string of the molecule is COc1ccc(CCc2nc(N)oc2C)c(OC)c1. The van der Waals surface area contributed by atoms with Crippen LogP contribution in [0.3, 0.4) is 0 Å². The van der Waals surface area contributed by atoms with Gasteiger partial charge in [0.25, 0.3) is 6.01 Å². The predicted octanol–water partition coefficient (Wildman–Crippen LogP) is 2.37. The Hall–Kier alpha value is -2.17. The first-order valence-corrected chi connectivity index (χ1v) is 6.06. The number of benzene rings is 1. The molecule has 0 amide bonds. The van der Waals surface area contributed by atoms with Crippen molar-refractivity contribution in [3.05, 3.63) is 35.2 Å². The maximum absolute atomic E-state index is 5.52. The Morgan fingerprint density at radius 1 is 1.21 bits per heavy atom. The monoisotopic (exact) mass is 262 g/mol. The molecule has 0 aliphatic heterocycles. The Bertz CT molecular complexity index is 564. The second kappa shape index (κ2) is 5.65. The van der Waals surface area contributed by atoms with E-state index in [2.05, 4.69) is 4.98 Å². The maximum atomic E-state index is 5.52. The molecule has 1 heterocycles. The quantitative estimate of drug-likeness (QED) is 0.895. The van der Waals surface area contributed by atoms with Crippen LogP contribution in [0.2, 0.25) is 0 Å². The zero-order valence-electron chi connectivity index (χ0n) is 11.4. The third kappa shape index (κ3) is 2.99. The summed E-state index contributed by atoms with van der Waals surface area (Å²) >= 11 is 0. The van der Waals surface area contributed by atoms with Gasteiger partial charge in [-0.1, -0.05) is 6.07 Å². The number of nitrogens with two attached hydrogens (primary N) is 1. The molecule has 2 rings (SSSR count). The molecule has 102 valence electrons. The topological polar surface area (TPSA) is 70.5 Å². The molecule has 0 saturated heterocycles. The number of oxazole rings is 1. The highest BCUT2D eigenvalue weighted by molar-refractivity contribution is 5.41. The summed E-state index contributed by atoms with van der Waals surface area (Å²) in [7, 11) is 3.29. The molecule has 0 fully saturated rings. The lowest BCUT2D eigenvalue weighted by Crippen LogP contribution is -1.98. The molecular formula is C14H18N2O3. The number of hydrogen-bond donors (Lipinski definition) is 1. The minimum Gasteiger partial charge on any atom is -0.497 e. The average molecular weight is 262 g/mol. The van der Waals surface area contributed by atoms with Crippen molar-refractivity contribution < 1.29 is 13.9 Å². The van der Waals surface area contributed by atoms with Crippen molar-refractivity contribution in [2.24, 2.45) is 0 Å². The molecule has 2 aromatic rings. The lowest BCUT2D eigenvalue weighted by Gasteiger charge is -2.09. The Morgan fingerprint density at radius 3 is 2.58 bits per heavy atom. The zero-order chi connectivity index (χ0) is 13.8. The van der Waals surface area contributed by atoms with E-state index in [-0.39, 0.29) is 6.01 Å². The number of hydrogen-bond acceptors (Lipinski definition) is 5. The molecule has 0 atom stereocenters. The molecule has 0 aliphatic carbocycles. The summed E-state index contributed by atoms with van der Waals surface area (Å²) in [5.74, 6) is 2.36. The van der Waals surface area contributed by atoms with Crippen molar-refractivity contribution in [2.45, 2.75) is 19.8 Å². The van der Waals surface area contributed by atoms with Gasteiger partial charge >= 0.3 is 0 Å². The van der Waals surface area contributed by atoms with Gasteiger partial charge < -0.3 is 19.6 Å². The Balaban J connectivity index is 2.13. The fourth-order valence-corrected chi connectivity index (χ4v) is 1.99. The fourth-order valence-electron chi connectivity index (χ4n) is 1.99. The van der Waals surface area contributed by atoms with Crippen LogP contribution < -0.4 is 15.2 Å². The Morgan fingerprint density at radius 2 is 2.00 bits per heavy atom. The average Bonchev–Trinajstić information content (AvgIpc) is 2.74. The lowest BCUT2D eigenvalue weighted by atomic mass is 10.1. The molecule has 5 heteroatoms. The molecule has 1 aromatic carbocycles. The summed E-state index contributed by atoms with van der Waals surface area (Å²) in [5, 5.41) is 0. The Labute approximate surface area is 112 Å². The van der Waals surface area contributed by atoms with Crippen LogP contribution in [0.15, 0.2) is 22.6 Å². The summed E-state index contributed by atoms with van der Waals surface area (Å²) in [5.41, 5.74) is 7.51. The van der Waals surface area contributed by atoms with E-state index in [0.717, 1.165) is 41.4 Å². The van der Waals surface area contributed by atoms with Crippen LogP contribution in [0.5, 0.6) is 11.5 Å². The molecule has 0 bridgehead atoms. The lowest BCUT2D eigenvalue weighted by molar-refractivity contribution is 0.391. The smallest absolute Gasteiger partial charge is 0.292 e. The highest BCUT2D eigenvalue weighted by Gasteiger charge is 2.10. The molecule has 2 N–H and O–H groups in total. The largest absolute Gasteiger partial charge is 0.497 e. The number of nitrogens with zero attached hydrogens (tertiary/aromatic N) is 1. The van der Waals surface area contributed by atoms with Gasteiger partial charge in [0.2, 0.25) is 0 Å². The summed E-state index contributed by atoms with van der Waals surface area (Å²) in [6.45, 7) is 1.87. The van der Waals surface area contributed by atoms with E-state index in [4.69, 9.17) is 19.6 Å². The van der Waals surface area contributed by atoms with Crippen molar-refractivity contribution in [1.82, 2.24) is 4.98 Å². The number of rotatable bonds is 5. The minimum atomic E-state index is 0.217. The van der Waals surface area contributed by atoms with Crippen LogP contribution >= 0.6 is 0 Å². The van der Waals surface area contributed by atoms with E-state index in [9.17, 15) is 0 Å². The van der Waals surface area contributed by atoms with Crippen molar-refractivity contribution in [3.8, 4) is 11.5 Å². The van der Waals surface area contributed by atoms with Crippen molar-refractivity contribution >= 4 is 6.01 Å². The first-order valence-electron chi connectivity index (χ1n) is 6.06. The molecule has 0 spiro atoms. The number of ether oxygens (including phenoxy) is 2. The number of nitrogen functional groups attached to an aromatic ring is 1. The second-order valence-electron chi connectivity index (χ2n) is 4.23. The third-order valence-corrected chi connectivity index (χ3v) is 3.03.